The van der Waals surface area contributed by atoms with E-state index in [-0.39, 0.29) is 24.8 Å². The van der Waals surface area contributed by atoms with E-state index < -0.39 is 23.0 Å². The third-order valence-electron chi connectivity index (χ3n) is 3.21. The van der Waals surface area contributed by atoms with Gasteiger partial charge in [-0.2, -0.15) is 0 Å². The molecule has 120 valence electrons. The summed E-state index contributed by atoms with van der Waals surface area (Å²) in [4.78, 5) is 41.7. The van der Waals surface area contributed by atoms with Crippen molar-refractivity contribution in [3.05, 3.63) is 23.8 Å². The molecule has 1 amide bonds. The van der Waals surface area contributed by atoms with Gasteiger partial charge in [-0.3, -0.25) is 4.79 Å². The predicted molar refractivity (Wildman–Crippen MR) is 76.4 cm³/mol. The molecule has 0 saturated carbocycles. The fraction of sp³-hybridized carbons (Fsp3) is 0.500. The highest BCUT2D eigenvalue weighted by Crippen LogP contribution is 2.19. The number of ether oxygens (including phenoxy) is 1. The summed E-state index contributed by atoms with van der Waals surface area (Å²) in [7, 11) is 0. The van der Waals surface area contributed by atoms with Gasteiger partial charge in [0.15, 0.2) is 11.4 Å². The van der Waals surface area contributed by atoms with E-state index in [9.17, 15) is 14.4 Å². The zero-order valence-electron chi connectivity index (χ0n) is 12.8. The molecule has 0 unspecified atom stereocenters. The second-order valence-electron chi connectivity index (χ2n) is 5.19. The Kier molecular flexibility index (Phi) is 5.97. The lowest BCUT2D eigenvalue weighted by atomic mass is 9.89. The standard InChI is InChI=1S/C14H19N3O5/c1-4-14(2,3)13(21)17-7-8-22-12(20)10-9(11(18)19)15-5-6-16-10/h5-6H,4,7-8H2,1-3H3,(H,17,21)(H,18,19). The summed E-state index contributed by atoms with van der Waals surface area (Å²) < 4.78 is 4.90. The Morgan fingerprint density at radius 3 is 2.36 bits per heavy atom. The number of aromatic carboxylic acids is 1. The van der Waals surface area contributed by atoms with E-state index in [1.54, 1.807) is 0 Å². The van der Waals surface area contributed by atoms with Crippen molar-refractivity contribution in [2.45, 2.75) is 27.2 Å². The van der Waals surface area contributed by atoms with Crippen LogP contribution in [0.4, 0.5) is 0 Å². The third kappa shape index (κ3) is 4.51. The monoisotopic (exact) mass is 309 g/mol. The van der Waals surface area contributed by atoms with Gasteiger partial charge in [0.25, 0.3) is 0 Å². The minimum atomic E-state index is -1.36. The van der Waals surface area contributed by atoms with Crippen LogP contribution in [0.3, 0.4) is 0 Å². The van der Waals surface area contributed by atoms with Crippen LogP contribution in [0, 0.1) is 5.41 Å². The second kappa shape index (κ2) is 7.48. The Labute approximate surface area is 127 Å². The van der Waals surface area contributed by atoms with Crippen LogP contribution in [0.15, 0.2) is 12.4 Å². The quantitative estimate of drug-likeness (QED) is 0.567. The van der Waals surface area contributed by atoms with Crippen molar-refractivity contribution < 1.29 is 24.2 Å². The van der Waals surface area contributed by atoms with E-state index in [1.807, 2.05) is 20.8 Å². The van der Waals surface area contributed by atoms with E-state index in [2.05, 4.69) is 15.3 Å². The van der Waals surface area contributed by atoms with Gasteiger partial charge in [0.2, 0.25) is 5.91 Å². The molecule has 8 heteroatoms. The highest BCUT2D eigenvalue weighted by Gasteiger charge is 2.25. The van der Waals surface area contributed by atoms with Gasteiger partial charge in [0.1, 0.15) is 6.61 Å². The second-order valence-corrected chi connectivity index (χ2v) is 5.19. The van der Waals surface area contributed by atoms with Gasteiger partial charge >= 0.3 is 11.9 Å². The Hall–Kier alpha value is -2.51. The van der Waals surface area contributed by atoms with Crippen LogP contribution in [0.2, 0.25) is 0 Å². The van der Waals surface area contributed by atoms with Crippen LogP contribution in [0.1, 0.15) is 48.2 Å². The topological polar surface area (TPSA) is 118 Å². The number of esters is 1. The summed E-state index contributed by atoms with van der Waals surface area (Å²) in [6, 6.07) is 0. The lowest BCUT2D eigenvalue weighted by molar-refractivity contribution is -0.129. The van der Waals surface area contributed by atoms with Gasteiger partial charge in [0.05, 0.1) is 6.54 Å². The number of carbonyl (C=O) groups is 3. The molecular weight excluding hydrogens is 290 g/mol. The highest BCUT2D eigenvalue weighted by atomic mass is 16.5. The molecule has 1 rings (SSSR count). The molecule has 8 nitrogen and oxygen atoms in total. The summed E-state index contributed by atoms with van der Waals surface area (Å²) in [5.74, 6) is -2.40. The smallest absolute Gasteiger partial charge is 0.359 e. The SMILES string of the molecule is CCC(C)(C)C(=O)NCCOC(=O)c1nccnc1C(=O)O. The molecule has 1 aromatic heterocycles. The van der Waals surface area contributed by atoms with E-state index >= 15 is 0 Å². The molecule has 1 heterocycles. The summed E-state index contributed by atoms with van der Waals surface area (Å²) in [5, 5.41) is 11.6. The molecule has 0 atom stereocenters. The van der Waals surface area contributed by atoms with Gasteiger partial charge in [-0.15, -0.1) is 0 Å². The maximum absolute atomic E-state index is 11.8. The Morgan fingerprint density at radius 1 is 1.23 bits per heavy atom. The lowest BCUT2D eigenvalue weighted by Gasteiger charge is -2.21. The molecule has 0 aliphatic carbocycles. The summed E-state index contributed by atoms with van der Waals surface area (Å²) in [6.45, 7) is 5.58. The van der Waals surface area contributed by atoms with Crippen LogP contribution in [-0.4, -0.2) is 46.1 Å². The molecule has 0 saturated heterocycles. The zero-order valence-corrected chi connectivity index (χ0v) is 12.8. The number of hydrogen-bond donors (Lipinski definition) is 2. The number of aromatic nitrogens is 2. The fourth-order valence-electron chi connectivity index (χ4n) is 1.42. The molecule has 0 fully saturated rings. The first-order chi connectivity index (χ1) is 10.3. The normalized spacial score (nSPS) is 10.9. The van der Waals surface area contributed by atoms with Crippen LogP contribution < -0.4 is 5.32 Å². The van der Waals surface area contributed by atoms with Crippen molar-refractivity contribution in [2.75, 3.05) is 13.2 Å². The van der Waals surface area contributed by atoms with E-state index in [0.29, 0.717) is 6.42 Å². The number of rotatable bonds is 7. The molecular formula is C14H19N3O5. The predicted octanol–water partition coefficient (Wildman–Crippen LogP) is 0.884. The number of amides is 1. The van der Waals surface area contributed by atoms with Crippen molar-refractivity contribution in [3.8, 4) is 0 Å². The molecule has 1 aromatic rings. The molecule has 0 bridgehead atoms. The minimum absolute atomic E-state index is 0.0833. The summed E-state index contributed by atoms with van der Waals surface area (Å²) in [5.41, 5.74) is -1.33. The van der Waals surface area contributed by atoms with Crippen molar-refractivity contribution in [1.29, 1.82) is 0 Å². The lowest BCUT2D eigenvalue weighted by Crippen LogP contribution is -2.38. The van der Waals surface area contributed by atoms with Gasteiger partial charge in [-0.25, -0.2) is 19.6 Å². The molecule has 2 N–H and O–H groups in total. The number of carbonyl (C=O) groups excluding carboxylic acids is 2. The first-order valence-corrected chi connectivity index (χ1v) is 6.79. The molecule has 0 aliphatic heterocycles. The number of nitrogens with one attached hydrogen (secondary N) is 1. The maximum atomic E-state index is 11.8. The highest BCUT2D eigenvalue weighted by molar-refractivity contribution is 5.99. The van der Waals surface area contributed by atoms with Crippen LogP contribution in [0.25, 0.3) is 0 Å². The molecule has 0 radical (unpaired) electrons. The van der Waals surface area contributed by atoms with Crippen LogP contribution in [0.5, 0.6) is 0 Å². The van der Waals surface area contributed by atoms with E-state index in [4.69, 9.17) is 9.84 Å². The Balaban J connectivity index is 2.52. The zero-order chi connectivity index (χ0) is 16.8. The van der Waals surface area contributed by atoms with Gasteiger partial charge < -0.3 is 15.2 Å². The average molecular weight is 309 g/mol. The molecule has 0 spiro atoms. The van der Waals surface area contributed by atoms with Crippen molar-refractivity contribution >= 4 is 17.8 Å². The number of carboxylic acids is 1. The largest absolute Gasteiger partial charge is 0.476 e. The molecule has 0 aromatic carbocycles. The first-order valence-electron chi connectivity index (χ1n) is 6.79. The van der Waals surface area contributed by atoms with Crippen molar-refractivity contribution in [2.24, 2.45) is 5.41 Å². The summed E-state index contributed by atoms with van der Waals surface area (Å²) >= 11 is 0. The minimum Gasteiger partial charge on any atom is -0.476 e. The maximum Gasteiger partial charge on any atom is 0.359 e. The van der Waals surface area contributed by atoms with Crippen molar-refractivity contribution in [1.82, 2.24) is 15.3 Å². The van der Waals surface area contributed by atoms with E-state index in [0.717, 1.165) is 0 Å². The average Bonchev–Trinajstić information content (AvgIpc) is 2.50. The van der Waals surface area contributed by atoms with Crippen LogP contribution >= 0.6 is 0 Å². The molecule has 22 heavy (non-hydrogen) atoms. The van der Waals surface area contributed by atoms with E-state index in [1.165, 1.54) is 12.4 Å². The van der Waals surface area contributed by atoms with Gasteiger partial charge in [0, 0.05) is 17.8 Å². The van der Waals surface area contributed by atoms with Crippen molar-refractivity contribution in [3.63, 3.8) is 0 Å². The van der Waals surface area contributed by atoms with Gasteiger partial charge in [-0.05, 0) is 6.42 Å². The number of hydrogen-bond acceptors (Lipinski definition) is 6. The Morgan fingerprint density at radius 2 is 1.82 bits per heavy atom. The summed E-state index contributed by atoms with van der Waals surface area (Å²) in [6.07, 6.45) is 3.06. The fourth-order valence-corrected chi connectivity index (χ4v) is 1.42. The van der Waals surface area contributed by atoms with Gasteiger partial charge in [-0.1, -0.05) is 20.8 Å². The Bertz CT molecular complexity index is 571. The number of carboxylic acid groups (broad SMARTS) is 1. The van der Waals surface area contributed by atoms with Crippen LogP contribution in [-0.2, 0) is 9.53 Å². The number of nitrogens with zero attached hydrogens (tertiary/aromatic N) is 2. The third-order valence-corrected chi connectivity index (χ3v) is 3.21. The first kappa shape index (κ1) is 17.5. The molecule has 0 aliphatic rings.